The quantitative estimate of drug-likeness (QED) is 0.830. The van der Waals surface area contributed by atoms with E-state index in [-0.39, 0.29) is 0 Å². The Hall–Kier alpha value is -1.33. The maximum absolute atomic E-state index is 6.24. The van der Waals surface area contributed by atoms with Crippen molar-refractivity contribution in [3.63, 3.8) is 0 Å². The minimum absolute atomic E-state index is 0.569. The Kier molecular flexibility index (Phi) is 4.83. The number of anilines is 2. The van der Waals surface area contributed by atoms with E-state index in [0.717, 1.165) is 39.7 Å². The van der Waals surface area contributed by atoms with Crippen LogP contribution in [0, 0.1) is 12.8 Å². The normalized spacial score (nSPS) is 11.4. The molecule has 0 fully saturated rings. The number of methoxy groups -OCH3 is 1. The van der Waals surface area contributed by atoms with Crippen molar-refractivity contribution < 1.29 is 4.74 Å². The Morgan fingerprint density at radius 1 is 1.40 bits per heavy atom. The minimum atomic E-state index is 0.569. The van der Waals surface area contributed by atoms with Gasteiger partial charge in [0.15, 0.2) is 0 Å². The molecule has 2 N–H and O–H groups in total. The van der Waals surface area contributed by atoms with Crippen molar-refractivity contribution >= 4 is 32.9 Å². The number of nitrogens with two attached hydrogens (primary N) is 1. The molecule has 4 nitrogen and oxygen atoms in total. The summed E-state index contributed by atoms with van der Waals surface area (Å²) in [5.41, 5.74) is 9.15. The second kappa shape index (κ2) is 6.41. The van der Waals surface area contributed by atoms with Crippen molar-refractivity contribution in [2.24, 2.45) is 5.92 Å². The molecule has 2 rings (SSSR count). The van der Waals surface area contributed by atoms with Crippen molar-refractivity contribution in [3.8, 4) is 0 Å². The molecule has 0 bridgehead atoms. The van der Waals surface area contributed by atoms with Crippen LogP contribution in [0.2, 0.25) is 0 Å². The van der Waals surface area contributed by atoms with E-state index < -0.39 is 0 Å². The summed E-state index contributed by atoms with van der Waals surface area (Å²) in [6.45, 7) is 8.94. The van der Waals surface area contributed by atoms with Gasteiger partial charge in [0.1, 0.15) is 0 Å². The topological polar surface area (TPSA) is 51.4 Å². The van der Waals surface area contributed by atoms with Gasteiger partial charge in [-0.15, -0.1) is 11.3 Å². The molecule has 0 radical (unpaired) electrons. The lowest BCUT2D eigenvalue weighted by Crippen LogP contribution is -2.31. The molecular weight excluding hydrogens is 270 g/mol. The van der Waals surface area contributed by atoms with Crippen LogP contribution in [0.4, 0.5) is 11.4 Å². The van der Waals surface area contributed by atoms with Gasteiger partial charge in [-0.2, -0.15) is 0 Å². The van der Waals surface area contributed by atoms with Crippen LogP contribution < -0.4 is 10.6 Å². The SMILES string of the molecule is COCCN(CC(C)C)c1cc2nc(C)sc2cc1N. The molecule has 1 aromatic heterocycles. The van der Waals surface area contributed by atoms with E-state index in [4.69, 9.17) is 10.5 Å². The summed E-state index contributed by atoms with van der Waals surface area (Å²) in [6, 6.07) is 4.14. The summed E-state index contributed by atoms with van der Waals surface area (Å²) < 4.78 is 6.36. The summed E-state index contributed by atoms with van der Waals surface area (Å²) in [6.07, 6.45) is 0. The molecule has 1 aromatic carbocycles. The van der Waals surface area contributed by atoms with Crippen molar-refractivity contribution in [2.75, 3.05) is 37.4 Å². The van der Waals surface area contributed by atoms with E-state index in [1.165, 1.54) is 0 Å². The van der Waals surface area contributed by atoms with Gasteiger partial charge in [0.05, 0.1) is 33.2 Å². The number of rotatable bonds is 6. The molecule has 0 unspecified atom stereocenters. The molecular formula is C15H23N3OS. The zero-order valence-electron chi connectivity index (χ0n) is 12.6. The van der Waals surface area contributed by atoms with E-state index in [2.05, 4.69) is 29.8 Å². The molecule has 5 heteroatoms. The fourth-order valence-corrected chi connectivity index (χ4v) is 3.18. The first-order valence-electron chi connectivity index (χ1n) is 6.91. The van der Waals surface area contributed by atoms with Crippen LogP contribution in [0.1, 0.15) is 18.9 Å². The number of nitrogens with zero attached hydrogens (tertiary/aromatic N) is 2. The summed E-state index contributed by atoms with van der Waals surface area (Å²) in [4.78, 5) is 6.85. The monoisotopic (exact) mass is 293 g/mol. The highest BCUT2D eigenvalue weighted by molar-refractivity contribution is 7.18. The smallest absolute Gasteiger partial charge is 0.0907 e. The first-order chi connectivity index (χ1) is 9.51. The minimum Gasteiger partial charge on any atom is -0.397 e. The number of thiazole rings is 1. The number of benzene rings is 1. The molecule has 0 aliphatic carbocycles. The van der Waals surface area contributed by atoms with Crippen molar-refractivity contribution in [2.45, 2.75) is 20.8 Å². The zero-order valence-corrected chi connectivity index (χ0v) is 13.5. The molecule has 0 aliphatic rings. The fraction of sp³-hybridized carbons (Fsp3) is 0.533. The van der Waals surface area contributed by atoms with Gasteiger partial charge in [0, 0.05) is 20.2 Å². The molecule has 0 saturated carbocycles. The lowest BCUT2D eigenvalue weighted by Gasteiger charge is -2.27. The predicted octanol–water partition coefficient (Wildman–Crippen LogP) is 3.30. The van der Waals surface area contributed by atoms with Gasteiger partial charge in [0.2, 0.25) is 0 Å². The Balaban J connectivity index is 2.37. The summed E-state index contributed by atoms with van der Waals surface area (Å²) in [5.74, 6) is 0.569. The summed E-state index contributed by atoms with van der Waals surface area (Å²) >= 11 is 1.68. The highest BCUT2D eigenvalue weighted by Gasteiger charge is 2.14. The van der Waals surface area contributed by atoms with Gasteiger partial charge in [-0.25, -0.2) is 4.98 Å². The standard InChI is InChI=1S/C15H23N3OS/c1-10(2)9-18(5-6-19-4)14-8-13-15(7-12(14)16)20-11(3)17-13/h7-8,10H,5-6,9,16H2,1-4H3. The second-order valence-electron chi connectivity index (χ2n) is 5.44. The number of ether oxygens (including phenoxy) is 1. The van der Waals surface area contributed by atoms with Gasteiger partial charge in [0.25, 0.3) is 0 Å². The number of nitrogen functional groups attached to an aromatic ring is 1. The molecule has 0 saturated heterocycles. The number of aryl methyl sites for hydroxylation is 1. The van der Waals surface area contributed by atoms with E-state index in [1.807, 2.05) is 13.0 Å². The van der Waals surface area contributed by atoms with Gasteiger partial charge in [-0.05, 0) is 25.0 Å². The third-order valence-corrected chi connectivity index (χ3v) is 4.07. The van der Waals surface area contributed by atoms with E-state index in [1.54, 1.807) is 18.4 Å². The number of fused-ring (bicyclic) bond motifs is 1. The largest absolute Gasteiger partial charge is 0.397 e. The van der Waals surface area contributed by atoms with E-state index in [9.17, 15) is 0 Å². The Morgan fingerprint density at radius 2 is 2.15 bits per heavy atom. The van der Waals surface area contributed by atoms with Crippen molar-refractivity contribution in [1.29, 1.82) is 0 Å². The first-order valence-corrected chi connectivity index (χ1v) is 7.73. The van der Waals surface area contributed by atoms with E-state index >= 15 is 0 Å². The average Bonchev–Trinajstić information content (AvgIpc) is 2.72. The summed E-state index contributed by atoms with van der Waals surface area (Å²) in [5, 5.41) is 1.07. The third kappa shape index (κ3) is 3.41. The fourth-order valence-electron chi connectivity index (χ4n) is 2.32. The lowest BCUT2D eigenvalue weighted by atomic mass is 10.1. The number of hydrogen-bond donors (Lipinski definition) is 1. The Bertz CT molecular complexity index is 580. The first kappa shape index (κ1) is 15.1. The molecule has 0 amide bonds. The zero-order chi connectivity index (χ0) is 14.7. The highest BCUT2D eigenvalue weighted by Crippen LogP contribution is 2.32. The maximum Gasteiger partial charge on any atom is 0.0907 e. The van der Waals surface area contributed by atoms with Crippen LogP contribution in [0.15, 0.2) is 12.1 Å². The Morgan fingerprint density at radius 3 is 2.80 bits per heavy atom. The number of aromatic nitrogens is 1. The maximum atomic E-state index is 6.24. The van der Waals surface area contributed by atoms with Crippen LogP contribution in [-0.2, 0) is 4.74 Å². The molecule has 1 heterocycles. The van der Waals surface area contributed by atoms with Gasteiger partial charge < -0.3 is 15.4 Å². The number of hydrogen-bond acceptors (Lipinski definition) is 5. The van der Waals surface area contributed by atoms with Crippen LogP contribution >= 0.6 is 11.3 Å². The van der Waals surface area contributed by atoms with Gasteiger partial charge in [-0.3, -0.25) is 0 Å². The van der Waals surface area contributed by atoms with Crippen LogP contribution in [0.25, 0.3) is 10.2 Å². The molecule has 0 spiro atoms. The van der Waals surface area contributed by atoms with Crippen molar-refractivity contribution in [1.82, 2.24) is 4.98 Å². The highest BCUT2D eigenvalue weighted by atomic mass is 32.1. The molecule has 20 heavy (non-hydrogen) atoms. The van der Waals surface area contributed by atoms with Crippen molar-refractivity contribution in [3.05, 3.63) is 17.1 Å². The third-order valence-electron chi connectivity index (χ3n) is 3.14. The second-order valence-corrected chi connectivity index (χ2v) is 6.68. The summed E-state index contributed by atoms with van der Waals surface area (Å²) in [7, 11) is 1.73. The molecule has 0 atom stereocenters. The molecule has 0 aliphatic heterocycles. The molecule has 2 aromatic rings. The molecule has 110 valence electrons. The van der Waals surface area contributed by atoms with Crippen LogP contribution in [-0.4, -0.2) is 31.8 Å². The van der Waals surface area contributed by atoms with Crippen LogP contribution in [0.3, 0.4) is 0 Å². The Labute approximate surface area is 124 Å². The average molecular weight is 293 g/mol. The lowest BCUT2D eigenvalue weighted by molar-refractivity contribution is 0.204. The van der Waals surface area contributed by atoms with Gasteiger partial charge >= 0.3 is 0 Å². The van der Waals surface area contributed by atoms with Crippen LogP contribution in [0.5, 0.6) is 0 Å². The van der Waals surface area contributed by atoms with Gasteiger partial charge in [-0.1, -0.05) is 13.8 Å². The predicted molar refractivity (Wildman–Crippen MR) is 87.7 cm³/mol. The van der Waals surface area contributed by atoms with E-state index in [0.29, 0.717) is 12.5 Å².